The van der Waals surface area contributed by atoms with Crippen molar-refractivity contribution in [3.63, 3.8) is 0 Å². The van der Waals surface area contributed by atoms with Gasteiger partial charge in [-0.05, 0) is 31.4 Å². The number of guanidine groups is 1. The molecule has 7 heteroatoms. The van der Waals surface area contributed by atoms with Gasteiger partial charge in [0.05, 0.1) is 6.04 Å². The van der Waals surface area contributed by atoms with Gasteiger partial charge in [0.1, 0.15) is 0 Å². The zero-order chi connectivity index (χ0) is 16.7. The summed E-state index contributed by atoms with van der Waals surface area (Å²) in [6, 6.07) is 8.96. The number of hydrogen-bond acceptors (Lipinski definition) is 3. The van der Waals surface area contributed by atoms with Crippen molar-refractivity contribution in [2.45, 2.75) is 44.9 Å². The SMILES string of the molecule is CCCCO[C@@H]1[C@@H](NC(=O)c2ccccc2)CCCN1C(=N)N.Cl. The third-order valence-electron chi connectivity index (χ3n) is 4.01. The maximum Gasteiger partial charge on any atom is 0.251 e. The van der Waals surface area contributed by atoms with Gasteiger partial charge in [-0.25, -0.2) is 0 Å². The molecule has 1 saturated heterocycles. The zero-order valence-electron chi connectivity index (χ0n) is 14.0. The Balaban J connectivity index is 0.00000288. The Labute approximate surface area is 149 Å². The number of likely N-dealkylation sites (tertiary alicyclic amines) is 1. The fourth-order valence-electron chi connectivity index (χ4n) is 2.77. The highest BCUT2D eigenvalue weighted by molar-refractivity contribution is 5.94. The average molecular weight is 355 g/mol. The second-order valence-electron chi connectivity index (χ2n) is 5.78. The maximum absolute atomic E-state index is 12.4. The maximum atomic E-state index is 12.4. The molecule has 0 radical (unpaired) electrons. The van der Waals surface area contributed by atoms with E-state index in [2.05, 4.69) is 12.2 Å². The second kappa shape index (κ2) is 10.2. The Morgan fingerprint density at radius 1 is 1.42 bits per heavy atom. The lowest BCUT2D eigenvalue weighted by Crippen LogP contribution is -2.59. The Hall–Kier alpha value is -1.79. The fraction of sp³-hybridized carbons (Fsp3) is 0.529. The van der Waals surface area contributed by atoms with Crippen LogP contribution in [0, 0.1) is 5.41 Å². The third kappa shape index (κ3) is 5.39. The van der Waals surface area contributed by atoms with Crippen LogP contribution in [0.1, 0.15) is 43.0 Å². The summed E-state index contributed by atoms with van der Waals surface area (Å²) in [5, 5.41) is 10.8. The predicted octanol–water partition coefficient (Wildman–Crippen LogP) is 2.34. The van der Waals surface area contributed by atoms with Crippen molar-refractivity contribution in [3.8, 4) is 0 Å². The van der Waals surface area contributed by atoms with Crippen molar-refractivity contribution in [2.24, 2.45) is 5.73 Å². The fourth-order valence-corrected chi connectivity index (χ4v) is 2.77. The summed E-state index contributed by atoms with van der Waals surface area (Å²) >= 11 is 0. The largest absolute Gasteiger partial charge is 0.370 e. The van der Waals surface area contributed by atoms with Gasteiger partial charge in [0.2, 0.25) is 0 Å². The Morgan fingerprint density at radius 2 is 2.12 bits per heavy atom. The summed E-state index contributed by atoms with van der Waals surface area (Å²) in [5.41, 5.74) is 6.31. The van der Waals surface area contributed by atoms with Crippen LogP contribution in [0.25, 0.3) is 0 Å². The van der Waals surface area contributed by atoms with Crippen molar-refractivity contribution in [2.75, 3.05) is 13.2 Å². The van der Waals surface area contributed by atoms with E-state index in [1.807, 2.05) is 18.2 Å². The predicted molar refractivity (Wildman–Crippen MR) is 97.4 cm³/mol. The van der Waals surface area contributed by atoms with Crippen LogP contribution in [0.2, 0.25) is 0 Å². The molecule has 2 atom stereocenters. The number of halogens is 1. The lowest BCUT2D eigenvalue weighted by molar-refractivity contribution is -0.0665. The summed E-state index contributed by atoms with van der Waals surface area (Å²) in [7, 11) is 0. The van der Waals surface area contributed by atoms with Crippen LogP contribution >= 0.6 is 12.4 Å². The summed E-state index contributed by atoms with van der Waals surface area (Å²) in [4.78, 5) is 14.1. The molecule has 6 nitrogen and oxygen atoms in total. The molecule has 1 aromatic rings. The van der Waals surface area contributed by atoms with E-state index in [9.17, 15) is 4.79 Å². The molecule has 1 aliphatic rings. The lowest BCUT2D eigenvalue weighted by Gasteiger charge is -2.41. The number of benzene rings is 1. The molecule has 1 aromatic carbocycles. The first-order valence-electron chi connectivity index (χ1n) is 8.21. The van der Waals surface area contributed by atoms with Gasteiger partial charge in [0.25, 0.3) is 5.91 Å². The van der Waals surface area contributed by atoms with E-state index in [0.29, 0.717) is 18.7 Å². The number of nitrogens with two attached hydrogens (primary N) is 1. The number of carbonyl (C=O) groups is 1. The van der Waals surface area contributed by atoms with Gasteiger partial charge in [0, 0.05) is 18.7 Å². The number of unbranched alkanes of at least 4 members (excludes halogenated alkanes) is 1. The summed E-state index contributed by atoms with van der Waals surface area (Å²) < 4.78 is 5.94. The number of ether oxygens (including phenoxy) is 1. The number of carbonyl (C=O) groups excluding carboxylic acids is 1. The molecule has 0 aromatic heterocycles. The van der Waals surface area contributed by atoms with E-state index in [1.165, 1.54) is 0 Å². The third-order valence-corrected chi connectivity index (χ3v) is 4.01. The lowest BCUT2D eigenvalue weighted by atomic mass is 10.0. The first-order chi connectivity index (χ1) is 11.1. The van der Waals surface area contributed by atoms with Crippen LogP contribution in [-0.4, -0.2) is 42.2 Å². The van der Waals surface area contributed by atoms with E-state index >= 15 is 0 Å². The standard InChI is InChI=1S/C17H26N4O2.ClH/c1-2-3-12-23-16-14(10-7-11-21(16)17(18)19)20-15(22)13-8-5-4-6-9-13;/h4-6,8-9,14,16H,2-3,7,10-12H2,1H3,(H3,18,19)(H,20,22);1H/t14-,16+;/m0./s1. The van der Waals surface area contributed by atoms with Gasteiger partial charge in [-0.3, -0.25) is 10.2 Å². The molecular formula is C17H27ClN4O2. The number of nitrogens with one attached hydrogen (secondary N) is 2. The van der Waals surface area contributed by atoms with E-state index in [0.717, 1.165) is 25.7 Å². The molecule has 0 saturated carbocycles. The van der Waals surface area contributed by atoms with E-state index in [4.69, 9.17) is 15.9 Å². The average Bonchev–Trinajstić information content (AvgIpc) is 2.56. The van der Waals surface area contributed by atoms with Crippen LogP contribution in [0.4, 0.5) is 0 Å². The zero-order valence-corrected chi connectivity index (χ0v) is 14.8. The molecule has 134 valence electrons. The molecule has 0 spiro atoms. The number of hydrogen-bond donors (Lipinski definition) is 3. The molecule has 0 unspecified atom stereocenters. The minimum atomic E-state index is -0.375. The highest BCUT2D eigenvalue weighted by Crippen LogP contribution is 2.19. The van der Waals surface area contributed by atoms with Crippen LogP contribution in [0.15, 0.2) is 30.3 Å². The van der Waals surface area contributed by atoms with Crippen molar-refractivity contribution < 1.29 is 9.53 Å². The van der Waals surface area contributed by atoms with Gasteiger partial charge in [-0.2, -0.15) is 0 Å². The first kappa shape index (κ1) is 20.3. The molecule has 1 aliphatic heterocycles. The van der Waals surface area contributed by atoms with Gasteiger partial charge >= 0.3 is 0 Å². The molecule has 2 rings (SSSR count). The number of nitrogens with zero attached hydrogens (tertiary/aromatic N) is 1. The van der Waals surface area contributed by atoms with Gasteiger partial charge in [-0.1, -0.05) is 31.5 Å². The van der Waals surface area contributed by atoms with Crippen molar-refractivity contribution in [1.29, 1.82) is 5.41 Å². The van der Waals surface area contributed by atoms with E-state index in [1.54, 1.807) is 17.0 Å². The molecule has 24 heavy (non-hydrogen) atoms. The number of amides is 1. The van der Waals surface area contributed by atoms with E-state index in [-0.39, 0.29) is 36.5 Å². The Bertz CT molecular complexity index is 527. The van der Waals surface area contributed by atoms with Crippen molar-refractivity contribution >= 4 is 24.3 Å². The molecule has 0 aliphatic carbocycles. The van der Waals surface area contributed by atoms with E-state index < -0.39 is 0 Å². The number of piperidine rings is 1. The molecule has 0 bridgehead atoms. The minimum absolute atomic E-state index is 0. The van der Waals surface area contributed by atoms with Crippen molar-refractivity contribution in [3.05, 3.63) is 35.9 Å². The van der Waals surface area contributed by atoms with Crippen LogP contribution < -0.4 is 11.1 Å². The smallest absolute Gasteiger partial charge is 0.251 e. The molecular weight excluding hydrogens is 328 g/mol. The molecule has 4 N–H and O–H groups in total. The topological polar surface area (TPSA) is 91.4 Å². The highest BCUT2D eigenvalue weighted by atomic mass is 35.5. The first-order valence-corrected chi connectivity index (χ1v) is 8.21. The number of rotatable bonds is 6. The summed E-state index contributed by atoms with van der Waals surface area (Å²) in [5.74, 6) is -0.129. The van der Waals surface area contributed by atoms with Crippen LogP contribution in [0.3, 0.4) is 0 Å². The van der Waals surface area contributed by atoms with Gasteiger partial charge < -0.3 is 20.7 Å². The van der Waals surface area contributed by atoms with Gasteiger partial charge in [0.15, 0.2) is 12.2 Å². The summed E-state index contributed by atoms with van der Waals surface area (Å²) in [6.45, 7) is 3.38. The molecule has 1 amide bonds. The Morgan fingerprint density at radius 3 is 2.75 bits per heavy atom. The highest BCUT2D eigenvalue weighted by Gasteiger charge is 2.34. The normalized spacial score (nSPS) is 20.1. The van der Waals surface area contributed by atoms with Crippen LogP contribution in [0.5, 0.6) is 0 Å². The summed E-state index contributed by atoms with van der Waals surface area (Å²) in [6.07, 6.45) is 3.29. The van der Waals surface area contributed by atoms with Crippen molar-refractivity contribution in [1.82, 2.24) is 10.2 Å². The monoisotopic (exact) mass is 354 g/mol. The van der Waals surface area contributed by atoms with Crippen LogP contribution in [-0.2, 0) is 4.74 Å². The quantitative estimate of drug-likeness (QED) is 0.415. The second-order valence-corrected chi connectivity index (χ2v) is 5.78. The molecule has 1 fully saturated rings. The minimum Gasteiger partial charge on any atom is -0.370 e. The molecule has 1 heterocycles. The van der Waals surface area contributed by atoms with Gasteiger partial charge in [-0.15, -0.1) is 12.4 Å². The Kier molecular flexibility index (Phi) is 8.57.